The Morgan fingerprint density at radius 2 is 2.00 bits per heavy atom. The van der Waals surface area contributed by atoms with Crippen molar-refractivity contribution in [2.75, 3.05) is 25.1 Å². The summed E-state index contributed by atoms with van der Waals surface area (Å²) in [5.41, 5.74) is 8.31. The van der Waals surface area contributed by atoms with Crippen LogP contribution in [-0.4, -0.2) is 30.8 Å². The molecular weight excluding hydrogens is 302 g/mol. The molecule has 5 nitrogen and oxygen atoms in total. The lowest BCUT2D eigenvalue weighted by Crippen LogP contribution is -2.47. The third kappa shape index (κ3) is 2.47. The SMILES string of the molecule is COc1c(N2CCC(C)C(N)C2)ccc2c(=O)ccn(C3CC3)c12. The summed E-state index contributed by atoms with van der Waals surface area (Å²) in [5, 5.41) is 0.736. The van der Waals surface area contributed by atoms with Crippen LogP contribution in [0.25, 0.3) is 10.9 Å². The van der Waals surface area contributed by atoms with Gasteiger partial charge in [0.2, 0.25) is 0 Å². The summed E-state index contributed by atoms with van der Waals surface area (Å²) in [7, 11) is 1.69. The van der Waals surface area contributed by atoms with E-state index < -0.39 is 0 Å². The topological polar surface area (TPSA) is 60.5 Å². The van der Waals surface area contributed by atoms with Gasteiger partial charge >= 0.3 is 0 Å². The Hall–Kier alpha value is -2.01. The summed E-state index contributed by atoms with van der Waals surface area (Å²) < 4.78 is 8.02. The molecule has 1 aliphatic carbocycles. The number of hydrogen-bond donors (Lipinski definition) is 1. The van der Waals surface area contributed by atoms with E-state index in [9.17, 15) is 4.79 Å². The van der Waals surface area contributed by atoms with E-state index in [2.05, 4.69) is 16.4 Å². The second kappa shape index (κ2) is 5.81. The zero-order valence-electron chi connectivity index (χ0n) is 14.4. The van der Waals surface area contributed by atoms with E-state index in [4.69, 9.17) is 10.5 Å². The lowest BCUT2D eigenvalue weighted by molar-refractivity contribution is 0.372. The first kappa shape index (κ1) is 15.5. The number of rotatable bonds is 3. The van der Waals surface area contributed by atoms with Gasteiger partial charge in [-0.1, -0.05) is 6.92 Å². The molecule has 2 aromatic rings. The Kier molecular flexibility index (Phi) is 3.76. The average Bonchev–Trinajstić information content (AvgIpc) is 3.42. The first-order chi connectivity index (χ1) is 11.6. The highest BCUT2D eigenvalue weighted by Crippen LogP contribution is 2.42. The van der Waals surface area contributed by atoms with E-state index in [1.165, 1.54) is 0 Å². The van der Waals surface area contributed by atoms with Gasteiger partial charge in [0.15, 0.2) is 11.2 Å². The molecular formula is C19H25N3O2. The largest absolute Gasteiger partial charge is 0.492 e. The molecule has 0 bridgehead atoms. The van der Waals surface area contributed by atoms with Crippen molar-refractivity contribution in [2.24, 2.45) is 11.7 Å². The van der Waals surface area contributed by atoms with E-state index in [-0.39, 0.29) is 11.5 Å². The lowest BCUT2D eigenvalue weighted by atomic mass is 9.94. The number of methoxy groups -OCH3 is 1. The highest BCUT2D eigenvalue weighted by atomic mass is 16.5. The van der Waals surface area contributed by atoms with Crippen LogP contribution in [0.5, 0.6) is 5.75 Å². The third-order valence-corrected chi connectivity index (χ3v) is 5.52. The average molecular weight is 327 g/mol. The van der Waals surface area contributed by atoms with Crippen molar-refractivity contribution in [1.29, 1.82) is 0 Å². The second-order valence-corrected chi connectivity index (χ2v) is 7.21. The van der Waals surface area contributed by atoms with Crippen molar-refractivity contribution in [3.63, 3.8) is 0 Å². The molecule has 2 fully saturated rings. The van der Waals surface area contributed by atoms with Crippen molar-refractivity contribution in [1.82, 2.24) is 4.57 Å². The maximum absolute atomic E-state index is 12.3. The molecule has 4 rings (SSSR count). The molecule has 1 aromatic heterocycles. The molecule has 0 spiro atoms. The number of aromatic nitrogens is 1. The summed E-state index contributed by atoms with van der Waals surface area (Å²) in [6.07, 6.45) is 5.32. The fourth-order valence-electron chi connectivity index (χ4n) is 3.75. The smallest absolute Gasteiger partial charge is 0.189 e. The van der Waals surface area contributed by atoms with Crippen LogP contribution in [-0.2, 0) is 0 Å². The number of nitrogens with zero attached hydrogens (tertiary/aromatic N) is 2. The quantitative estimate of drug-likeness (QED) is 0.941. The normalized spacial score (nSPS) is 24.4. The fraction of sp³-hybridized carbons (Fsp3) is 0.526. The van der Waals surface area contributed by atoms with Crippen molar-refractivity contribution in [2.45, 2.75) is 38.3 Å². The zero-order chi connectivity index (χ0) is 16.8. The van der Waals surface area contributed by atoms with Crippen LogP contribution in [0, 0.1) is 5.92 Å². The molecule has 0 radical (unpaired) electrons. The number of nitrogens with two attached hydrogens (primary N) is 1. The van der Waals surface area contributed by atoms with Gasteiger partial charge in [-0.3, -0.25) is 4.79 Å². The first-order valence-corrected chi connectivity index (χ1v) is 8.82. The molecule has 128 valence electrons. The molecule has 2 atom stereocenters. The molecule has 2 N–H and O–H groups in total. The van der Waals surface area contributed by atoms with Crippen molar-refractivity contribution in [3.05, 3.63) is 34.6 Å². The molecule has 5 heteroatoms. The summed E-state index contributed by atoms with van der Waals surface area (Å²) in [6, 6.07) is 6.28. The molecule has 1 saturated carbocycles. The van der Waals surface area contributed by atoms with Crippen LogP contribution in [0.15, 0.2) is 29.2 Å². The van der Waals surface area contributed by atoms with Gasteiger partial charge in [-0.05, 0) is 37.3 Å². The summed E-state index contributed by atoms with van der Waals surface area (Å²) in [4.78, 5) is 14.6. The molecule has 1 aromatic carbocycles. The van der Waals surface area contributed by atoms with Crippen molar-refractivity contribution >= 4 is 16.6 Å². The van der Waals surface area contributed by atoms with Gasteiger partial charge in [0.05, 0.1) is 18.3 Å². The number of anilines is 1. The van der Waals surface area contributed by atoms with Crippen LogP contribution in [0.3, 0.4) is 0 Å². The molecule has 1 aliphatic heterocycles. The standard InChI is InChI=1S/C19H25N3O2/c1-12-7-9-21(11-15(12)20)16-6-5-14-17(23)8-10-22(13-3-4-13)18(14)19(16)24-2/h5-6,8,10,12-13,15H,3-4,7,9,11,20H2,1-2H3. The summed E-state index contributed by atoms with van der Waals surface area (Å²) in [6.45, 7) is 4.01. The van der Waals surface area contributed by atoms with E-state index in [0.29, 0.717) is 12.0 Å². The Bertz CT molecular complexity index is 825. The fourth-order valence-corrected chi connectivity index (χ4v) is 3.75. The molecule has 2 unspecified atom stereocenters. The number of piperidine rings is 1. The second-order valence-electron chi connectivity index (χ2n) is 7.21. The highest BCUT2D eigenvalue weighted by Gasteiger charge is 2.29. The number of ether oxygens (including phenoxy) is 1. The zero-order valence-corrected chi connectivity index (χ0v) is 14.4. The van der Waals surface area contributed by atoms with Crippen LogP contribution in [0.2, 0.25) is 0 Å². The Morgan fingerprint density at radius 3 is 2.67 bits per heavy atom. The number of hydrogen-bond acceptors (Lipinski definition) is 4. The van der Waals surface area contributed by atoms with E-state index in [1.807, 2.05) is 18.3 Å². The minimum Gasteiger partial charge on any atom is -0.492 e. The summed E-state index contributed by atoms with van der Waals surface area (Å²) in [5.74, 6) is 1.34. The Morgan fingerprint density at radius 1 is 1.21 bits per heavy atom. The van der Waals surface area contributed by atoms with E-state index >= 15 is 0 Å². The minimum atomic E-state index is 0.0516. The van der Waals surface area contributed by atoms with Crippen LogP contribution in [0.4, 0.5) is 5.69 Å². The monoisotopic (exact) mass is 327 g/mol. The van der Waals surface area contributed by atoms with Crippen molar-refractivity contribution in [3.8, 4) is 5.75 Å². The van der Waals surface area contributed by atoms with Crippen molar-refractivity contribution < 1.29 is 4.74 Å². The van der Waals surface area contributed by atoms with Crippen LogP contribution >= 0.6 is 0 Å². The molecule has 24 heavy (non-hydrogen) atoms. The van der Waals surface area contributed by atoms with Gasteiger partial charge in [-0.2, -0.15) is 0 Å². The van der Waals surface area contributed by atoms with E-state index in [0.717, 1.165) is 54.7 Å². The van der Waals surface area contributed by atoms with Gasteiger partial charge in [0.1, 0.15) is 0 Å². The third-order valence-electron chi connectivity index (χ3n) is 5.52. The van der Waals surface area contributed by atoms with Gasteiger partial charge in [-0.15, -0.1) is 0 Å². The van der Waals surface area contributed by atoms with Crippen LogP contribution in [0.1, 0.15) is 32.2 Å². The summed E-state index contributed by atoms with van der Waals surface area (Å²) >= 11 is 0. The minimum absolute atomic E-state index is 0.0516. The molecule has 2 heterocycles. The van der Waals surface area contributed by atoms with Gasteiger partial charge < -0.3 is 19.9 Å². The van der Waals surface area contributed by atoms with Gasteiger partial charge in [-0.25, -0.2) is 0 Å². The number of pyridine rings is 1. The maximum atomic E-state index is 12.3. The Labute approximate surface area is 142 Å². The molecule has 2 aliphatic rings. The first-order valence-electron chi connectivity index (χ1n) is 8.82. The number of fused-ring (bicyclic) bond motifs is 1. The molecule has 0 amide bonds. The van der Waals surface area contributed by atoms with E-state index in [1.54, 1.807) is 13.2 Å². The molecule has 1 saturated heterocycles. The van der Waals surface area contributed by atoms with Gasteiger partial charge in [0.25, 0.3) is 0 Å². The maximum Gasteiger partial charge on any atom is 0.189 e. The van der Waals surface area contributed by atoms with Crippen LogP contribution < -0.4 is 20.8 Å². The number of benzene rings is 1. The predicted molar refractivity (Wildman–Crippen MR) is 97.0 cm³/mol. The highest BCUT2D eigenvalue weighted by molar-refractivity contribution is 5.91. The predicted octanol–water partition coefficient (Wildman–Crippen LogP) is 2.52. The van der Waals surface area contributed by atoms with Gasteiger partial charge in [0, 0.05) is 42.8 Å². The Balaban J connectivity index is 1.88. The lowest BCUT2D eigenvalue weighted by Gasteiger charge is -2.37.